The summed E-state index contributed by atoms with van der Waals surface area (Å²) in [6, 6.07) is 0. The van der Waals surface area contributed by atoms with Crippen molar-refractivity contribution in [2.75, 3.05) is 20.3 Å². The Morgan fingerprint density at radius 3 is 2.60 bits per heavy atom. The van der Waals surface area contributed by atoms with Gasteiger partial charge in [-0.3, -0.25) is 0 Å². The average Bonchev–Trinajstić information content (AvgIpc) is 1.91. The van der Waals surface area contributed by atoms with Crippen LogP contribution in [0.4, 0.5) is 0 Å². The normalized spacial score (nSPS) is 12.7. The van der Waals surface area contributed by atoms with Gasteiger partial charge in [-0.25, -0.2) is 4.79 Å². The molecule has 0 spiro atoms. The van der Waals surface area contributed by atoms with Gasteiger partial charge in [0.05, 0.1) is 13.2 Å². The van der Waals surface area contributed by atoms with Crippen LogP contribution in [-0.4, -0.2) is 37.5 Å². The van der Waals surface area contributed by atoms with E-state index in [1.165, 1.54) is 7.11 Å². The van der Waals surface area contributed by atoms with Gasteiger partial charge in [-0.05, 0) is 6.92 Å². The van der Waals surface area contributed by atoms with Crippen molar-refractivity contribution in [2.45, 2.75) is 13.0 Å². The van der Waals surface area contributed by atoms with Crippen molar-refractivity contribution in [3.63, 3.8) is 0 Å². The van der Waals surface area contributed by atoms with E-state index in [-0.39, 0.29) is 6.61 Å². The molecule has 0 aromatic carbocycles. The summed E-state index contributed by atoms with van der Waals surface area (Å²) in [5, 5.41) is 8.50. The smallest absolute Gasteiger partial charge is 0.337 e. The van der Waals surface area contributed by atoms with Crippen molar-refractivity contribution in [1.29, 1.82) is 0 Å². The summed E-state index contributed by atoms with van der Waals surface area (Å²) in [7, 11) is 1.35. The molecule has 1 unspecified atom stereocenters. The fourth-order valence-electron chi connectivity index (χ4n) is 0.481. The number of methoxy groups -OCH3 is 1. The van der Waals surface area contributed by atoms with Gasteiger partial charge in [-0.2, -0.15) is 0 Å². The van der Waals surface area contributed by atoms with Gasteiger partial charge in [0, 0.05) is 7.11 Å². The Balaban J connectivity index is 3.65. The zero-order valence-electron chi connectivity index (χ0n) is 6.16. The second-order valence-electron chi connectivity index (χ2n) is 1.66. The molecule has 4 heteroatoms. The van der Waals surface area contributed by atoms with Crippen LogP contribution in [0.1, 0.15) is 6.92 Å². The maximum Gasteiger partial charge on any atom is 0.337 e. The van der Waals surface area contributed by atoms with Crippen LogP contribution >= 0.6 is 0 Å². The largest absolute Gasteiger partial charge is 0.464 e. The second-order valence-corrected chi connectivity index (χ2v) is 1.66. The molecule has 0 aliphatic rings. The molecule has 0 aliphatic carbocycles. The van der Waals surface area contributed by atoms with E-state index in [0.29, 0.717) is 6.61 Å². The zero-order valence-corrected chi connectivity index (χ0v) is 6.16. The Hall–Kier alpha value is -0.610. The molecule has 0 aromatic rings. The number of aliphatic hydroxyl groups is 1. The molecule has 60 valence electrons. The van der Waals surface area contributed by atoms with Crippen molar-refractivity contribution < 1.29 is 19.4 Å². The molecule has 0 radical (unpaired) electrons. The standard InChI is InChI=1S/C6H12O4/c1-3-10-6(8)5(4-7)9-2/h5,7H,3-4H2,1-2H3. The van der Waals surface area contributed by atoms with Gasteiger partial charge in [0.15, 0.2) is 6.10 Å². The monoisotopic (exact) mass is 148 g/mol. The first-order valence-electron chi connectivity index (χ1n) is 3.06. The van der Waals surface area contributed by atoms with Gasteiger partial charge in [-0.1, -0.05) is 0 Å². The number of carbonyl (C=O) groups is 1. The number of carbonyl (C=O) groups excluding carboxylic acids is 1. The molecule has 1 atom stereocenters. The van der Waals surface area contributed by atoms with E-state index < -0.39 is 12.1 Å². The molecule has 10 heavy (non-hydrogen) atoms. The molecule has 0 aromatic heterocycles. The van der Waals surface area contributed by atoms with Crippen molar-refractivity contribution in [1.82, 2.24) is 0 Å². The maximum absolute atomic E-state index is 10.7. The lowest BCUT2D eigenvalue weighted by molar-refractivity contribution is -0.157. The van der Waals surface area contributed by atoms with Crippen LogP contribution in [0.3, 0.4) is 0 Å². The highest BCUT2D eigenvalue weighted by Crippen LogP contribution is 1.91. The van der Waals surface area contributed by atoms with E-state index in [2.05, 4.69) is 9.47 Å². The number of aliphatic hydroxyl groups excluding tert-OH is 1. The van der Waals surface area contributed by atoms with Crippen LogP contribution in [0.15, 0.2) is 0 Å². The Morgan fingerprint density at radius 1 is 1.70 bits per heavy atom. The predicted molar refractivity (Wildman–Crippen MR) is 34.5 cm³/mol. The van der Waals surface area contributed by atoms with Crippen molar-refractivity contribution in [3.8, 4) is 0 Å². The summed E-state index contributed by atoms with van der Waals surface area (Å²) in [6.45, 7) is 1.66. The van der Waals surface area contributed by atoms with Gasteiger partial charge < -0.3 is 14.6 Å². The number of esters is 1. The minimum Gasteiger partial charge on any atom is -0.464 e. The minimum atomic E-state index is -0.833. The van der Waals surface area contributed by atoms with E-state index in [1.54, 1.807) is 6.92 Å². The third-order valence-corrected chi connectivity index (χ3v) is 1.000. The van der Waals surface area contributed by atoms with Crippen molar-refractivity contribution in [3.05, 3.63) is 0 Å². The zero-order chi connectivity index (χ0) is 7.98. The highest BCUT2D eigenvalue weighted by atomic mass is 16.6. The Labute approximate surface area is 59.7 Å². The summed E-state index contributed by atoms with van der Waals surface area (Å²) in [4.78, 5) is 10.7. The summed E-state index contributed by atoms with van der Waals surface area (Å²) < 4.78 is 9.15. The molecule has 0 aliphatic heterocycles. The molecule has 0 rings (SSSR count). The highest BCUT2D eigenvalue weighted by Gasteiger charge is 2.16. The van der Waals surface area contributed by atoms with E-state index in [0.717, 1.165) is 0 Å². The molecular formula is C6H12O4. The van der Waals surface area contributed by atoms with Crippen LogP contribution in [0.2, 0.25) is 0 Å². The van der Waals surface area contributed by atoms with Crippen LogP contribution in [-0.2, 0) is 14.3 Å². The number of rotatable bonds is 4. The SMILES string of the molecule is CCOC(=O)C(CO)OC. The van der Waals surface area contributed by atoms with Crippen LogP contribution in [0.25, 0.3) is 0 Å². The van der Waals surface area contributed by atoms with Crippen molar-refractivity contribution in [2.24, 2.45) is 0 Å². The number of ether oxygens (including phenoxy) is 2. The molecule has 0 amide bonds. The molecule has 1 N–H and O–H groups in total. The average molecular weight is 148 g/mol. The lowest BCUT2D eigenvalue weighted by Gasteiger charge is -2.09. The summed E-state index contributed by atoms with van der Waals surface area (Å²) in [5.74, 6) is -0.521. The molecule has 4 nitrogen and oxygen atoms in total. The van der Waals surface area contributed by atoms with E-state index >= 15 is 0 Å². The maximum atomic E-state index is 10.7. The molecular weight excluding hydrogens is 136 g/mol. The first-order chi connectivity index (χ1) is 4.76. The minimum absolute atomic E-state index is 0.304. The van der Waals surface area contributed by atoms with Crippen LogP contribution in [0.5, 0.6) is 0 Å². The number of hydrogen-bond acceptors (Lipinski definition) is 4. The molecule has 0 bridgehead atoms. The Bertz CT molecular complexity index is 97.9. The quantitative estimate of drug-likeness (QED) is 0.549. The van der Waals surface area contributed by atoms with Gasteiger partial charge in [-0.15, -0.1) is 0 Å². The Morgan fingerprint density at radius 2 is 2.30 bits per heavy atom. The second kappa shape index (κ2) is 5.20. The third-order valence-electron chi connectivity index (χ3n) is 1.000. The Kier molecular flexibility index (Phi) is 4.88. The summed E-state index contributed by atoms with van der Waals surface area (Å²) >= 11 is 0. The van der Waals surface area contributed by atoms with Gasteiger partial charge in [0.1, 0.15) is 0 Å². The molecule has 0 saturated heterocycles. The van der Waals surface area contributed by atoms with E-state index in [4.69, 9.17) is 5.11 Å². The first-order valence-corrected chi connectivity index (χ1v) is 3.06. The van der Waals surface area contributed by atoms with Crippen LogP contribution in [0, 0.1) is 0 Å². The van der Waals surface area contributed by atoms with Crippen molar-refractivity contribution >= 4 is 5.97 Å². The molecule has 0 saturated carbocycles. The van der Waals surface area contributed by atoms with Gasteiger partial charge in [0.2, 0.25) is 0 Å². The first kappa shape index (κ1) is 9.39. The highest BCUT2D eigenvalue weighted by molar-refractivity contribution is 5.74. The van der Waals surface area contributed by atoms with Gasteiger partial charge in [0.25, 0.3) is 0 Å². The third kappa shape index (κ3) is 2.80. The fourth-order valence-corrected chi connectivity index (χ4v) is 0.481. The van der Waals surface area contributed by atoms with Crippen LogP contribution < -0.4 is 0 Å². The van der Waals surface area contributed by atoms with Gasteiger partial charge >= 0.3 is 5.97 Å². The summed E-state index contributed by atoms with van der Waals surface area (Å²) in [6.07, 6.45) is -0.833. The lowest BCUT2D eigenvalue weighted by Crippen LogP contribution is -2.28. The van der Waals surface area contributed by atoms with E-state index in [9.17, 15) is 4.79 Å². The fraction of sp³-hybridized carbons (Fsp3) is 0.833. The predicted octanol–water partition coefficient (Wildman–Crippen LogP) is -0.443. The lowest BCUT2D eigenvalue weighted by atomic mass is 10.4. The molecule has 0 fully saturated rings. The number of hydrogen-bond donors (Lipinski definition) is 1. The summed E-state index contributed by atoms with van der Waals surface area (Å²) in [5.41, 5.74) is 0. The topological polar surface area (TPSA) is 55.8 Å². The van der Waals surface area contributed by atoms with E-state index in [1.807, 2.05) is 0 Å². The molecule has 0 heterocycles.